The number of fused-ring (bicyclic) bond motifs is 6. The predicted molar refractivity (Wildman–Crippen MR) is 253 cm³/mol. The van der Waals surface area contributed by atoms with Crippen molar-refractivity contribution in [3.05, 3.63) is 224 Å². The second-order valence-electron chi connectivity index (χ2n) is 16.0. The Kier molecular flexibility index (Phi) is 8.56. The van der Waals surface area contributed by atoms with Crippen molar-refractivity contribution < 1.29 is 4.42 Å². The van der Waals surface area contributed by atoms with Crippen molar-refractivity contribution in [2.24, 2.45) is 0 Å². The molecule has 1 aliphatic carbocycles. The first-order valence-corrected chi connectivity index (χ1v) is 21.1. The molecule has 62 heavy (non-hydrogen) atoms. The summed E-state index contributed by atoms with van der Waals surface area (Å²) in [7, 11) is 0. The van der Waals surface area contributed by atoms with Gasteiger partial charge in [0.15, 0.2) is 17.5 Å². The summed E-state index contributed by atoms with van der Waals surface area (Å²) in [6, 6.07) is 68.1. The van der Waals surface area contributed by atoms with Crippen LogP contribution in [0.2, 0.25) is 0 Å². The minimum Gasteiger partial charge on any atom is -0.456 e. The van der Waals surface area contributed by atoms with Crippen molar-refractivity contribution >= 4 is 33.3 Å². The Morgan fingerprint density at radius 1 is 0.403 bits per heavy atom. The van der Waals surface area contributed by atoms with Crippen molar-refractivity contribution in [3.63, 3.8) is 0 Å². The first-order chi connectivity index (χ1) is 30.7. The fraction of sp³-hybridized carbons (Fsp3) is 0.0351. The van der Waals surface area contributed by atoms with Crippen LogP contribution in [0.25, 0.3) is 89.5 Å². The molecule has 5 heteroatoms. The first kappa shape index (κ1) is 35.8. The third-order valence-corrected chi connectivity index (χ3v) is 12.3. The highest BCUT2D eigenvalue weighted by Crippen LogP contribution is 2.51. The van der Waals surface area contributed by atoms with E-state index >= 15 is 0 Å². The van der Waals surface area contributed by atoms with Crippen molar-refractivity contribution in [1.29, 1.82) is 0 Å². The average Bonchev–Trinajstić information content (AvgIpc) is 3.89. The van der Waals surface area contributed by atoms with E-state index in [9.17, 15) is 0 Å². The van der Waals surface area contributed by atoms with Crippen LogP contribution < -0.4 is 4.90 Å². The maximum absolute atomic E-state index is 6.75. The highest BCUT2D eigenvalue weighted by molar-refractivity contribution is 6.13. The zero-order valence-electron chi connectivity index (χ0n) is 33.6. The van der Waals surface area contributed by atoms with Gasteiger partial charge in [0.05, 0.1) is 6.04 Å². The Balaban J connectivity index is 1.03. The molecule has 10 aromatic rings. The molecule has 12 rings (SSSR count). The number of furan rings is 1. The third-order valence-electron chi connectivity index (χ3n) is 12.3. The maximum Gasteiger partial charge on any atom is 0.164 e. The first-order valence-electron chi connectivity index (χ1n) is 21.1. The monoisotopic (exact) mass is 794 g/mol. The van der Waals surface area contributed by atoms with Gasteiger partial charge in [0.25, 0.3) is 0 Å². The zero-order valence-corrected chi connectivity index (χ0v) is 33.6. The molecule has 8 aromatic carbocycles. The highest BCUT2D eigenvalue weighted by Gasteiger charge is 2.38. The number of allylic oxidation sites excluding steroid dienone is 2. The Labute approximate surface area is 359 Å². The van der Waals surface area contributed by atoms with E-state index in [-0.39, 0.29) is 12.0 Å². The van der Waals surface area contributed by atoms with E-state index in [2.05, 4.69) is 199 Å². The van der Waals surface area contributed by atoms with Crippen LogP contribution in [0.3, 0.4) is 0 Å². The molecule has 292 valence electrons. The number of hydrogen-bond donors (Lipinski definition) is 0. The van der Waals surface area contributed by atoms with E-state index in [1.807, 2.05) is 24.3 Å². The van der Waals surface area contributed by atoms with Crippen molar-refractivity contribution in [2.75, 3.05) is 4.90 Å². The standard InChI is InChI=1S/C57H38N4O/c1-4-15-37(16-5-1)40-29-31-45(32-30-40)61-50-27-11-10-25-46(50)48-36-53-49(35-51(48)61)54-47(26-14-28-52(54)62-53)57-59-55(43-23-12-21-41(33-43)38-17-6-2-7-18-38)58-56(60-57)44-24-13-22-42(34-44)39-19-8-3-9-20-39/h1-36,46,50H. The lowest BCUT2D eigenvalue weighted by atomic mass is 9.91. The van der Waals surface area contributed by atoms with Crippen LogP contribution in [-0.4, -0.2) is 21.0 Å². The summed E-state index contributed by atoms with van der Waals surface area (Å²) >= 11 is 0. The van der Waals surface area contributed by atoms with E-state index in [1.54, 1.807) is 0 Å². The minimum absolute atomic E-state index is 0.141. The van der Waals surface area contributed by atoms with Crippen LogP contribution in [-0.2, 0) is 0 Å². The van der Waals surface area contributed by atoms with Crippen LogP contribution in [0.4, 0.5) is 11.4 Å². The molecule has 2 aliphatic rings. The maximum atomic E-state index is 6.75. The zero-order chi connectivity index (χ0) is 41.0. The molecule has 3 heterocycles. The highest BCUT2D eigenvalue weighted by atomic mass is 16.3. The van der Waals surface area contributed by atoms with E-state index in [0.29, 0.717) is 17.5 Å². The molecule has 0 N–H and O–H groups in total. The number of benzene rings is 8. The summed E-state index contributed by atoms with van der Waals surface area (Å²) in [4.78, 5) is 18.2. The van der Waals surface area contributed by atoms with Gasteiger partial charge in [-0.3, -0.25) is 0 Å². The quantitative estimate of drug-likeness (QED) is 0.161. The number of rotatable bonds is 7. The lowest BCUT2D eigenvalue weighted by molar-refractivity contribution is 0.667. The fourth-order valence-electron chi connectivity index (χ4n) is 9.28. The largest absolute Gasteiger partial charge is 0.456 e. The molecule has 2 aromatic heterocycles. The van der Waals surface area contributed by atoms with Crippen LogP contribution in [0, 0.1) is 0 Å². The lowest BCUT2D eigenvalue weighted by Crippen LogP contribution is -2.28. The Bertz CT molecular complexity index is 3250. The van der Waals surface area contributed by atoms with Crippen LogP contribution >= 0.6 is 0 Å². The number of anilines is 2. The molecule has 2 atom stereocenters. The Morgan fingerprint density at radius 2 is 0.919 bits per heavy atom. The minimum atomic E-state index is 0.141. The van der Waals surface area contributed by atoms with Gasteiger partial charge in [0.1, 0.15) is 11.2 Å². The smallest absolute Gasteiger partial charge is 0.164 e. The molecule has 0 bridgehead atoms. The average molecular weight is 795 g/mol. The van der Waals surface area contributed by atoms with E-state index < -0.39 is 0 Å². The number of hydrogen-bond acceptors (Lipinski definition) is 5. The van der Waals surface area contributed by atoms with E-state index in [1.165, 1.54) is 22.4 Å². The summed E-state index contributed by atoms with van der Waals surface area (Å²) in [5, 5.41) is 2.00. The van der Waals surface area contributed by atoms with E-state index in [4.69, 9.17) is 19.4 Å². The molecule has 0 saturated carbocycles. The molecular formula is C57H38N4O. The summed E-state index contributed by atoms with van der Waals surface area (Å²) < 4.78 is 6.75. The number of nitrogens with zero attached hydrogens (tertiary/aromatic N) is 4. The molecule has 2 unspecified atom stereocenters. The molecule has 1 aliphatic heterocycles. The molecular weight excluding hydrogens is 757 g/mol. The van der Waals surface area contributed by atoms with Gasteiger partial charge in [-0.1, -0.05) is 176 Å². The second-order valence-corrected chi connectivity index (χ2v) is 16.0. The van der Waals surface area contributed by atoms with Crippen molar-refractivity contribution in [2.45, 2.75) is 12.0 Å². The van der Waals surface area contributed by atoms with Crippen LogP contribution in [0.15, 0.2) is 223 Å². The van der Waals surface area contributed by atoms with Crippen LogP contribution in [0.1, 0.15) is 11.5 Å². The summed E-state index contributed by atoms with van der Waals surface area (Å²) in [5.74, 6) is 1.98. The Hall–Kier alpha value is -8.15. The van der Waals surface area contributed by atoms with Gasteiger partial charge >= 0.3 is 0 Å². The second kappa shape index (κ2) is 14.8. The van der Waals surface area contributed by atoms with Gasteiger partial charge in [-0.05, 0) is 81.4 Å². The van der Waals surface area contributed by atoms with Gasteiger partial charge < -0.3 is 9.32 Å². The number of aromatic nitrogens is 3. The molecule has 0 spiro atoms. The van der Waals surface area contributed by atoms with Gasteiger partial charge in [-0.15, -0.1) is 0 Å². The predicted octanol–water partition coefficient (Wildman–Crippen LogP) is 14.5. The van der Waals surface area contributed by atoms with Gasteiger partial charge in [-0.25, -0.2) is 15.0 Å². The summed E-state index contributed by atoms with van der Waals surface area (Å²) in [6.07, 6.45) is 8.95. The topological polar surface area (TPSA) is 55.1 Å². The molecule has 0 amide bonds. The molecule has 5 nitrogen and oxygen atoms in total. The van der Waals surface area contributed by atoms with Crippen LogP contribution in [0.5, 0.6) is 0 Å². The van der Waals surface area contributed by atoms with Gasteiger partial charge in [0, 0.05) is 44.8 Å². The molecule has 0 saturated heterocycles. The molecule has 0 radical (unpaired) electrons. The van der Waals surface area contributed by atoms with Crippen molar-refractivity contribution in [3.8, 4) is 67.5 Å². The van der Waals surface area contributed by atoms with Gasteiger partial charge in [0.2, 0.25) is 0 Å². The van der Waals surface area contributed by atoms with E-state index in [0.717, 1.165) is 66.6 Å². The fourth-order valence-corrected chi connectivity index (χ4v) is 9.28. The summed E-state index contributed by atoms with van der Waals surface area (Å²) in [6.45, 7) is 0. The van der Waals surface area contributed by atoms with Crippen molar-refractivity contribution in [1.82, 2.24) is 15.0 Å². The lowest BCUT2D eigenvalue weighted by Gasteiger charge is -2.28. The summed E-state index contributed by atoms with van der Waals surface area (Å²) in [5.41, 5.74) is 14.8. The Morgan fingerprint density at radius 3 is 1.55 bits per heavy atom. The SMILES string of the molecule is C1=CC2c3cc4oc5cccc(-c6nc(-c7cccc(-c8ccccc8)c7)nc(-c7cccc(-c8ccccc8)c7)n6)c5c4cc3N(c3ccc(-c4ccccc4)cc3)C2C=C1. The third kappa shape index (κ3) is 6.22. The van der Waals surface area contributed by atoms with Gasteiger partial charge in [-0.2, -0.15) is 0 Å². The molecule has 0 fully saturated rings. The normalized spacial score (nSPS) is 15.3.